The summed E-state index contributed by atoms with van der Waals surface area (Å²) < 4.78 is 26.7. The van der Waals surface area contributed by atoms with Gasteiger partial charge in [0.15, 0.2) is 0 Å². The molecule has 3 aromatic carbocycles. The van der Waals surface area contributed by atoms with Crippen LogP contribution in [0.5, 0.6) is 11.5 Å². The van der Waals surface area contributed by atoms with Crippen LogP contribution in [0.15, 0.2) is 54.6 Å². The van der Waals surface area contributed by atoms with Gasteiger partial charge in [0.25, 0.3) is 0 Å². The van der Waals surface area contributed by atoms with Gasteiger partial charge < -0.3 is 14.6 Å². The molecule has 200 valence electrons. The van der Waals surface area contributed by atoms with Gasteiger partial charge in [-0.1, -0.05) is 51.5 Å². The maximum absolute atomic E-state index is 15.1. The number of hydrogen-bond donors (Lipinski definition) is 1. The summed E-state index contributed by atoms with van der Waals surface area (Å²) in [5.74, 6) is 0.667. The predicted molar refractivity (Wildman–Crippen MR) is 147 cm³/mol. The maximum Gasteiger partial charge on any atom is 0.304 e. The van der Waals surface area contributed by atoms with E-state index in [2.05, 4.69) is 26.0 Å². The lowest BCUT2D eigenvalue weighted by Crippen LogP contribution is -2.22. The number of hydrogen-bond acceptors (Lipinski definition) is 3. The molecule has 1 saturated carbocycles. The van der Waals surface area contributed by atoms with Crippen molar-refractivity contribution in [3.05, 3.63) is 82.7 Å². The van der Waals surface area contributed by atoms with Gasteiger partial charge >= 0.3 is 5.97 Å². The van der Waals surface area contributed by atoms with Crippen LogP contribution in [0.1, 0.15) is 81.0 Å². The fourth-order valence-corrected chi connectivity index (χ4v) is 6.63. The first-order chi connectivity index (χ1) is 18.1. The van der Waals surface area contributed by atoms with Gasteiger partial charge in [-0.15, -0.1) is 0 Å². The van der Waals surface area contributed by atoms with Crippen LogP contribution in [0.3, 0.4) is 0 Å². The summed E-state index contributed by atoms with van der Waals surface area (Å²) in [7, 11) is 1.60. The second kappa shape index (κ2) is 10.1. The molecular weight excluding hydrogens is 479 g/mol. The van der Waals surface area contributed by atoms with Crippen molar-refractivity contribution in [2.75, 3.05) is 7.11 Å². The number of methoxy groups -OCH3 is 1. The number of halogens is 1. The van der Waals surface area contributed by atoms with E-state index in [0.717, 1.165) is 60.1 Å². The summed E-state index contributed by atoms with van der Waals surface area (Å²) in [5.41, 5.74) is 5.69. The number of carboxylic acids is 1. The Labute approximate surface area is 224 Å². The molecule has 0 saturated heterocycles. The van der Waals surface area contributed by atoms with Crippen molar-refractivity contribution in [3.8, 4) is 22.6 Å². The number of ether oxygens (including phenoxy) is 2. The van der Waals surface area contributed by atoms with Crippen LogP contribution in [-0.2, 0) is 23.2 Å². The van der Waals surface area contributed by atoms with E-state index in [1.807, 2.05) is 31.2 Å². The summed E-state index contributed by atoms with van der Waals surface area (Å²) in [5, 5.41) is 9.43. The van der Waals surface area contributed by atoms with Crippen LogP contribution >= 0.6 is 0 Å². The van der Waals surface area contributed by atoms with Crippen molar-refractivity contribution < 1.29 is 23.8 Å². The maximum atomic E-state index is 15.1. The third-order valence-electron chi connectivity index (χ3n) is 8.84. The molecule has 1 unspecified atom stereocenters. The summed E-state index contributed by atoms with van der Waals surface area (Å²) in [6, 6.07) is 17.2. The second-order valence-corrected chi connectivity index (χ2v) is 11.9. The molecule has 5 rings (SSSR count). The van der Waals surface area contributed by atoms with E-state index in [0.29, 0.717) is 23.8 Å². The molecule has 0 radical (unpaired) electrons. The van der Waals surface area contributed by atoms with Gasteiger partial charge in [-0.25, -0.2) is 4.39 Å². The van der Waals surface area contributed by atoms with Gasteiger partial charge in [0, 0.05) is 11.0 Å². The number of carbonyl (C=O) groups is 1. The molecule has 3 aromatic rings. The summed E-state index contributed by atoms with van der Waals surface area (Å²) in [6.45, 7) is 7.02. The van der Waals surface area contributed by atoms with Gasteiger partial charge in [0.05, 0.1) is 13.5 Å². The standard InChI is InChI=1S/C33H37FO4/c1-32(2)14-5-6-28(32)26-16-21(7-11-25(26)27-17-23(37-4)10-12-30(27)34)20-38-24-9-8-22-13-15-33(3,19-31(35)36)29(22)18-24/h7-12,16-18,28H,5-6,13-15,19-20H2,1-4H3,(H,35,36)/t28?,33-/m1/s1. The quantitative estimate of drug-likeness (QED) is 0.329. The molecule has 0 aromatic heterocycles. The molecular formula is C33H37FO4. The third-order valence-corrected chi connectivity index (χ3v) is 8.84. The smallest absolute Gasteiger partial charge is 0.304 e. The molecule has 1 N–H and O–H groups in total. The molecule has 0 heterocycles. The number of benzene rings is 3. The number of rotatable bonds is 8. The molecule has 38 heavy (non-hydrogen) atoms. The second-order valence-electron chi connectivity index (χ2n) is 11.9. The van der Waals surface area contributed by atoms with Crippen LogP contribution in [0.25, 0.3) is 11.1 Å². The van der Waals surface area contributed by atoms with Gasteiger partial charge in [-0.2, -0.15) is 0 Å². The average Bonchev–Trinajstić information content (AvgIpc) is 3.40. The van der Waals surface area contributed by atoms with E-state index in [-0.39, 0.29) is 23.1 Å². The van der Waals surface area contributed by atoms with Crippen molar-refractivity contribution >= 4 is 5.97 Å². The molecule has 2 atom stereocenters. The number of fused-ring (bicyclic) bond motifs is 1. The Kier molecular flexibility index (Phi) is 6.97. The zero-order chi connectivity index (χ0) is 27.1. The van der Waals surface area contributed by atoms with Crippen molar-refractivity contribution in [3.63, 3.8) is 0 Å². The number of carboxylic acid groups (broad SMARTS) is 1. The van der Waals surface area contributed by atoms with Crippen molar-refractivity contribution in [2.45, 2.75) is 77.2 Å². The van der Waals surface area contributed by atoms with Gasteiger partial charge in [0.1, 0.15) is 23.9 Å². The zero-order valence-corrected chi connectivity index (χ0v) is 22.8. The first-order valence-corrected chi connectivity index (χ1v) is 13.5. The topological polar surface area (TPSA) is 55.8 Å². The Balaban J connectivity index is 1.46. The van der Waals surface area contributed by atoms with E-state index >= 15 is 4.39 Å². The highest BCUT2D eigenvalue weighted by molar-refractivity contribution is 5.71. The SMILES string of the molecule is COc1ccc(F)c(-c2ccc(COc3ccc4c(c3)[C@@](C)(CC(=O)O)CC4)cc2C2CCCC2(C)C)c1. The Morgan fingerprint density at radius 3 is 2.50 bits per heavy atom. The van der Waals surface area contributed by atoms with Gasteiger partial charge in [-0.05, 0) is 95.2 Å². The molecule has 0 aliphatic heterocycles. The van der Waals surface area contributed by atoms with Crippen LogP contribution in [0.2, 0.25) is 0 Å². The van der Waals surface area contributed by atoms with Crippen LogP contribution in [0, 0.1) is 11.2 Å². The third kappa shape index (κ3) is 5.03. The molecule has 0 bridgehead atoms. The lowest BCUT2D eigenvalue weighted by molar-refractivity contribution is -0.138. The lowest BCUT2D eigenvalue weighted by Gasteiger charge is -2.30. The number of aliphatic carboxylic acids is 1. The monoisotopic (exact) mass is 516 g/mol. The van der Waals surface area contributed by atoms with E-state index in [4.69, 9.17) is 9.47 Å². The fraction of sp³-hybridized carbons (Fsp3) is 0.424. The molecule has 0 spiro atoms. The molecule has 0 amide bonds. The van der Waals surface area contributed by atoms with E-state index in [1.165, 1.54) is 11.6 Å². The molecule has 1 fully saturated rings. The van der Waals surface area contributed by atoms with Crippen molar-refractivity contribution in [2.24, 2.45) is 5.41 Å². The van der Waals surface area contributed by atoms with Crippen LogP contribution < -0.4 is 9.47 Å². The molecule has 4 nitrogen and oxygen atoms in total. The van der Waals surface area contributed by atoms with E-state index < -0.39 is 5.97 Å². The highest BCUT2D eigenvalue weighted by atomic mass is 19.1. The Hall–Kier alpha value is -3.34. The van der Waals surface area contributed by atoms with E-state index in [9.17, 15) is 9.90 Å². The normalized spacial score (nSPS) is 21.8. The Bertz CT molecular complexity index is 1360. The van der Waals surface area contributed by atoms with Crippen LogP contribution in [-0.4, -0.2) is 18.2 Å². The minimum absolute atomic E-state index is 0.117. The summed E-state index contributed by atoms with van der Waals surface area (Å²) in [6.07, 6.45) is 5.21. The molecule has 2 aliphatic carbocycles. The Morgan fingerprint density at radius 1 is 1.00 bits per heavy atom. The predicted octanol–water partition coefficient (Wildman–Crippen LogP) is 8.05. The van der Waals surface area contributed by atoms with Crippen molar-refractivity contribution in [1.29, 1.82) is 0 Å². The first kappa shape index (κ1) is 26.3. The average molecular weight is 517 g/mol. The highest BCUT2D eigenvalue weighted by Crippen LogP contribution is 2.51. The first-order valence-electron chi connectivity index (χ1n) is 13.5. The summed E-state index contributed by atoms with van der Waals surface area (Å²) in [4.78, 5) is 11.5. The fourth-order valence-electron chi connectivity index (χ4n) is 6.63. The van der Waals surface area contributed by atoms with Crippen molar-refractivity contribution in [1.82, 2.24) is 0 Å². The largest absolute Gasteiger partial charge is 0.497 e. The minimum Gasteiger partial charge on any atom is -0.497 e. The van der Waals surface area contributed by atoms with E-state index in [1.54, 1.807) is 19.2 Å². The molecule has 5 heteroatoms. The number of aryl methyl sites for hydroxylation is 1. The van der Waals surface area contributed by atoms with Crippen LogP contribution in [0.4, 0.5) is 4.39 Å². The Morgan fingerprint density at radius 2 is 1.79 bits per heavy atom. The summed E-state index contributed by atoms with van der Waals surface area (Å²) >= 11 is 0. The zero-order valence-electron chi connectivity index (χ0n) is 22.8. The minimum atomic E-state index is -0.776. The lowest BCUT2D eigenvalue weighted by atomic mass is 9.75. The molecule has 2 aliphatic rings. The van der Waals surface area contributed by atoms with Gasteiger partial charge in [0.2, 0.25) is 0 Å². The highest BCUT2D eigenvalue weighted by Gasteiger charge is 2.38. The van der Waals surface area contributed by atoms with Gasteiger partial charge in [-0.3, -0.25) is 4.79 Å².